The van der Waals surface area contributed by atoms with Crippen LogP contribution in [0.15, 0.2) is 24.3 Å². The Morgan fingerprint density at radius 3 is 2.60 bits per heavy atom. The molecular weight excluding hydrogens is 467 g/mol. The van der Waals surface area contributed by atoms with Gasteiger partial charge in [-0.3, -0.25) is 19.8 Å². The van der Waals surface area contributed by atoms with Crippen LogP contribution in [0.2, 0.25) is 0 Å². The minimum atomic E-state index is -4.55. The van der Waals surface area contributed by atoms with Crippen molar-refractivity contribution in [3.8, 4) is 0 Å². The fraction of sp³-hybridized carbons (Fsp3) is 0.565. The average molecular weight is 498 g/mol. The minimum absolute atomic E-state index is 0.159. The van der Waals surface area contributed by atoms with Crippen molar-refractivity contribution in [1.29, 1.82) is 5.41 Å². The summed E-state index contributed by atoms with van der Waals surface area (Å²) in [6, 6.07) is 4.93. The number of methoxy groups -OCH3 is 1. The van der Waals surface area contributed by atoms with Gasteiger partial charge in [-0.15, -0.1) is 0 Å². The van der Waals surface area contributed by atoms with Gasteiger partial charge in [-0.05, 0) is 38.2 Å². The standard InChI is InChI=1S/C23H30F3N5O4/c1-35-22(23(24,25)26)10-4-6-14(12-22)30-21(34)17-9-5-11-31(17)18(32)13-29-16-8-3-2-7-15(16)19(27)20(28)33/h2-3,7-8,14,17,27,29H,4-6,9-13H2,1H3,(H2,28,33)(H,30,34). The molecule has 3 amide bonds. The monoisotopic (exact) mass is 497 g/mol. The summed E-state index contributed by atoms with van der Waals surface area (Å²) in [7, 11) is 1.03. The van der Waals surface area contributed by atoms with E-state index in [9.17, 15) is 27.6 Å². The number of para-hydroxylation sites is 1. The van der Waals surface area contributed by atoms with Crippen LogP contribution in [0.3, 0.4) is 0 Å². The molecule has 3 rings (SSSR count). The second-order valence-corrected chi connectivity index (χ2v) is 8.88. The molecule has 1 aliphatic carbocycles. The van der Waals surface area contributed by atoms with E-state index < -0.39 is 41.4 Å². The Bertz CT molecular complexity index is 986. The first kappa shape index (κ1) is 26.5. The fourth-order valence-corrected chi connectivity index (χ4v) is 4.81. The Kier molecular flexibility index (Phi) is 8.04. The summed E-state index contributed by atoms with van der Waals surface area (Å²) in [5, 5.41) is 13.4. The molecule has 2 aliphatic rings. The molecule has 3 atom stereocenters. The number of halogens is 3. The van der Waals surface area contributed by atoms with Crippen LogP contribution in [0.5, 0.6) is 0 Å². The third-order valence-corrected chi connectivity index (χ3v) is 6.71. The lowest BCUT2D eigenvalue weighted by atomic mass is 9.81. The van der Waals surface area contributed by atoms with Gasteiger partial charge in [0.2, 0.25) is 11.8 Å². The summed E-state index contributed by atoms with van der Waals surface area (Å²) in [5.41, 5.74) is 3.11. The molecule has 1 aliphatic heterocycles. The lowest BCUT2D eigenvalue weighted by Gasteiger charge is -2.41. The third-order valence-electron chi connectivity index (χ3n) is 6.71. The van der Waals surface area contributed by atoms with Crippen LogP contribution >= 0.6 is 0 Å². The number of amides is 3. The van der Waals surface area contributed by atoms with E-state index in [1.807, 2.05) is 0 Å². The molecule has 9 nitrogen and oxygen atoms in total. The van der Waals surface area contributed by atoms with Crippen LogP contribution in [0.25, 0.3) is 0 Å². The van der Waals surface area contributed by atoms with Crippen molar-refractivity contribution in [2.24, 2.45) is 5.73 Å². The molecule has 1 heterocycles. The number of hydrogen-bond acceptors (Lipinski definition) is 6. The zero-order chi connectivity index (χ0) is 25.8. The van der Waals surface area contributed by atoms with E-state index in [4.69, 9.17) is 15.9 Å². The summed E-state index contributed by atoms with van der Waals surface area (Å²) in [6.45, 7) is 0.143. The maximum atomic E-state index is 13.6. The van der Waals surface area contributed by atoms with Crippen LogP contribution < -0.4 is 16.4 Å². The van der Waals surface area contributed by atoms with Gasteiger partial charge in [-0.2, -0.15) is 13.2 Å². The molecule has 1 aromatic carbocycles. The predicted octanol–water partition coefficient (Wildman–Crippen LogP) is 1.95. The van der Waals surface area contributed by atoms with Gasteiger partial charge in [0.15, 0.2) is 5.60 Å². The highest BCUT2D eigenvalue weighted by molar-refractivity contribution is 6.44. The number of nitrogens with two attached hydrogens (primary N) is 1. The normalized spacial score (nSPS) is 24.6. The van der Waals surface area contributed by atoms with Gasteiger partial charge < -0.3 is 26.0 Å². The number of likely N-dealkylation sites (tertiary alicyclic amines) is 1. The van der Waals surface area contributed by atoms with Crippen molar-refractivity contribution in [3.05, 3.63) is 29.8 Å². The zero-order valence-corrected chi connectivity index (χ0v) is 19.4. The highest BCUT2D eigenvalue weighted by atomic mass is 19.4. The summed E-state index contributed by atoms with van der Waals surface area (Å²) in [4.78, 5) is 38.6. The van der Waals surface area contributed by atoms with Crippen molar-refractivity contribution in [3.63, 3.8) is 0 Å². The summed E-state index contributed by atoms with van der Waals surface area (Å²) >= 11 is 0. The SMILES string of the molecule is COC1(C(F)(F)F)CCCC(NC(=O)C2CCCN2C(=O)CNc2ccccc2C(=N)C(N)=O)C1. The topological polar surface area (TPSA) is 138 Å². The summed E-state index contributed by atoms with van der Waals surface area (Å²) < 4.78 is 45.6. The van der Waals surface area contributed by atoms with Gasteiger partial charge in [0.05, 0.1) is 6.54 Å². The third kappa shape index (κ3) is 5.75. The van der Waals surface area contributed by atoms with Crippen LogP contribution in [-0.4, -0.2) is 72.4 Å². The molecule has 0 aromatic heterocycles. The molecule has 5 N–H and O–H groups in total. The largest absolute Gasteiger partial charge is 0.417 e. The molecule has 1 saturated heterocycles. The quantitative estimate of drug-likeness (QED) is 0.407. The van der Waals surface area contributed by atoms with Crippen molar-refractivity contribution >= 4 is 29.1 Å². The van der Waals surface area contributed by atoms with Crippen molar-refractivity contribution in [1.82, 2.24) is 10.2 Å². The molecule has 0 bridgehead atoms. The number of carbonyl (C=O) groups excluding carboxylic acids is 3. The number of hydrogen-bond donors (Lipinski definition) is 4. The van der Waals surface area contributed by atoms with E-state index in [-0.39, 0.29) is 37.3 Å². The van der Waals surface area contributed by atoms with E-state index in [1.165, 1.54) is 11.0 Å². The predicted molar refractivity (Wildman–Crippen MR) is 122 cm³/mol. The van der Waals surface area contributed by atoms with Gasteiger partial charge in [0, 0.05) is 37.4 Å². The van der Waals surface area contributed by atoms with Crippen LogP contribution in [0, 0.1) is 5.41 Å². The van der Waals surface area contributed by atoms with Crippen molar-refractivity contribution in [2.75, 3.05) is 25.5 Å². The van der Waals surface area contributed by atoms with Crippen LogP contribution in [0.1, 0.15) is 44.1 Å². The second-order valence-electron chi connectivity index (χ2n) is 8.88. The molecule has 0 radical (unpaired) electrons. The first-order chi connectivity index (χ1) is 16.5. The number of benzene rings is 1. The van der Waals surface area contributed by atoms with Crippen LogP contribution in [0.4, 0.5) is 18.9 Å². The number of anilines is 1. The van der Waals surface area contributed by atoms with E-state index in [1.54, 1.807) is 18.2 Å². The number of primary amides is 1. The minimum Gasteiger partial charge on any atom is -0.376 e. The van der Waals surface area contributed by atoms with Gasteiger partial charge in [0.1, 0.15) is 11.8 Å². The summed E-state index contributed by atoms with van der Waals surface area (Å²) in [5.74, 6) is -1.77. The number of rotatable bonds is 8. The van der Waals surface area contributed by atoms with E-state index in [0.717, 1.165) is 7.11 Å². The number of carbonyl (C=O) groups is 3. The summed E-state index contributed by atoms with van der Waals surface area (Å²) in [6.07, 6.45) is -3.43. The fourth-order valence-electron chi connectivity index (χ4n) is 4.81. The Hall–Kier alpha value is -3.15. The van der Waals surface area contributed by atoms with Crippen molar-refractivity contribution in [2.45, 2.75) is 62.4 Å². The van der Waals surface area contributed by atoms with Gasteiger partial charge in [-0.25, -0.2) is 0 Å². The Labute approximate surface area is 201 Å². The lowest BCUT2D eigenvalue weighted by Crippen LogP contribution is -2.56. The molecule has 192 valence electrons. The highest BCUT2D eigenvalue weighted by Crippen LogP contribution is 2.44. The van der Waals surface area contributed by atoms with E-state index in [0.29, 0.717) is 31.5 Å². The zero-order valence-electron chi connectivity index (χ0n) is 19.4. The average Bonchev–Trinajstić information content (AvgIpc) is 3.32. The lowest BCUT2D eigenvalue weighted by molar-refractivity contribution is -0.281. The molecular formula is C23H30F3N5O4. The Morgan fingerprint density at radius 1 is 1.23 bits per heavy atom. The van der Waals surface area contributed by atoms with Gasteiger partial charge in [-0.1, -0.05) is 18.2 Å². The molecule has 35 heavy (non-hydrogen) atoms. The van der Waals surface area contributed by atoms with Gasteiger partial charge >= 0.3 is 6.18 Å². The van der Waals surface area contributed by atoms with E-state index >= 15 is 0 Å². The molecule has 1 aromatic rings. The number of ether oxygens (including phenoxy) is 1. The number of alkyl halides is 3. The molecule has 3 unspecified atom stereocenters. The molecule has 2 fully saturated rings. The van der Waals surface area contributed by atoms with Gasteiger partial charge in [0.25, 0.3) is 5.91 Å². The number of nitrogens with zero attached hydrogens (tertiary/aromatic N) is 1. The first-order valence-corrected chi connectivity index (χ1v) is 11.4. The maximum Gasteiger partial charge on any atom is 0.417 e. The second kappa shape index (κ2) is 10.6. The maximum absolute atomic E-state index is 13.6. The first-order valence-electron chi connectivity index (χ1n) is 11.4. The smallest absolute Gasteiger partial charge is 0.376 e. The molecule has 1 saturated carbocycles. The van der Waals surface area contributed by atoms with Crippen molar-refractivity contribution < 1.29 is 32.3 Å². The highest BCUT2D eigenvalue weighted by Gasteiger charge is 2.57. The Balaban J connectivity index is 1.62. The Morgan fingerprint density at radius 2 is 1.94 bits per heavy atom. The number of nitrogens with one attached hydrogen (secondary N) is 3. The molecule has 12 heteroatoms. The van der Waals surface area contributed by atoms with E-state index in [2.05, 4.69) is 10.6 Å². The molecule has 0 spiro atoms. The van der Waals surface area contributed by atoms with Crippen LogP contribution in [-0.2, 0) is 19.1 Å².